The van der Waals surface area contributed by atoms with E-state index in [0.29, 0.717) is 18.5 Å². The van der Waals surface area contributed by atoms with E-state index in [1.54, 1.807) is 39.0 Å². The number of alkyl halides is 3. The van der Waals surface area contributed by atoms with Gasteiger partial charge in [0.05, 0.1) is 17.3 Å². The van der Waals surface area contributed by atoms with Gasteiger partial charge in [0, 0.05) is 24.6 Å². The van der Waals surface area contributed by atoms with E-state index in [9.17, 15) is 22.8 Å². The lowest BCUT2D eigenvalue weighted by molar-refractivity contribution is -0.137. The van der Waals surface area contributed by atoms with Crippen molar-refractivity contribution in [3.8, 4) is 5.82 Å². The topological polar surface area (TPSA) is 110 Å². The number of carbonyl (C=O) groups is 2. The Morgan fingerprint density at radius 1 is 1.14 bits per heavy atom. The molecule has 3 rings (SSSR count). The number of ether oxygens (including phenoxy) is 1. The molecule has 0 aliphatic heterocycles. The zero-order valence-corrected chi connectivity index (χ0v) is 20.9. The van der Waals surface area contributed by atoms with Gasteiger partial charge in [-0.3, -0.25) is 4.90 Å². The Bertz CT molecular complexity index is 1240. The van der Waals surface area contributed by atoms with Crippen molar-refractivity contribution in [1.29, 1.82) is 0 Å². The minimum Gasteiger partial charge on any atom is -0.478 e. The first-order valence-corrected chi connectivity index (χ1v) is 11.5. The average molecular weight is 520 g/mol. The van der Waals surface area contributed by atoms with Crippen LogP contribution in [0.25, 0.3) is 5.82 Å². The molecule has 0 fully saturated rings. The minimum atomic E-state index is -4.49. The van der Waals surface area contributed by atoms with Gasteiger partial charge in [-0.25, -0.2) is 24.2 Å². The fourth-order valence-corrected chi connectivity index (χ4v) is 3.40. The van der Waals surface area contributed by atoms with E-state index < -0.39 is 29.4 Å². The van der Waals surface area contributed by atoms with Crippen molar-refractivity contribution >= 4 is 17.9 Å². The van der Waals surface area contributed by atoms with Crippen LogP contribution in [0.1, 0.15) is 55.7 Å². The zero-order chi connectivity index (χ0) is 27.4. The van der Waals surface area contributed by atoms with Crippen LogP contribution in [-0.2, 0) is 17.3 Å². The van der Waals surface area contributed by atoms with E-state index in [1.165, 1.54) is 23.2 Å². The van der Waals surface area contributed by atoms with Crippen LogP contribution in [0.5, 0.6) is 0 Å². The van der Waals surface area contributed by atoms with Gasteiger partial charge in [-0.05, 0) is 63.8 Å². The molecule has 3 heterocycles. The number of carbonyl (C=O) groups excluding carboxylic acids is 1. The number of pyridine rings is 2. The van der Waals surface area contributed by atoms with Crippen molar-refractivity contribution in [2.75, 3.05) is 11.4 Å². The second-order valence-corrected chi connectivity index (χ2v) is 9.60. The molecule has 0 bridgehead atoms. The molecule has 0 saturated carbocycles. The molecule has 0 aromatic carbocycles. The number of nitrogens with zero attached hydrogens (tertiary/aromatic N) is 5. The van der Waals surface area contributed by atoms with E-state index in [4.69, 9.17) is 9.84 Å². The summed E-state index contributed by atoms with van der Waals surface area (Å²) in [5.41, 5.74) is -0.959. The van der Waals surface area contributed by atoms with Gasteiger partial charge in [-0.1, -0.05) is 13.0 Å². The number of aromatic carboxylic acids is 1. The van der Waals surface area contributed by atoms with E-state index in [0.717, 1.165) is 17.1 Å². The smallest absolute Gasteiger partial charge is 0.419 e. The highest BCUT2D eigenvalue weighted by atomic mass is 19.4. The van der Waals surface area contributed by atoms with Crippen molar-refractivity contribution in [2.24, 2.45) is 5.92 Å². The molecule has 1 atom stereocenters. The third kappa shape index (κ3) is 7.76. The average Bonchev–Trinajstić information content (AvgIpc) is 3.30. The Hall–Kier alpha value is -3.96. The first-order chi connectivity index (χ1) is 17.2. The van der Waals surface area contributed by atoms with Crippen LogP contribution in [0.15, 0.2) is 48.9 Å². The van der Waals surface area contributed by atoms with Gasteiger partial charge in [0.15, 0.2) is 5.82 Å². The molecule has 37 heavy (non-hydrogen) atoms. The number of hydrogen-bond acceptors (Lipinski definition) is 6. The minimum absolute atomic E-state index is 0.00764. The summed E-state index contributed by atoms with van der Waals surface area (Å²) in [6.45, 7) is 7.41. The van der Waals surface area contributed by atoms with Crippen LogP contribution in [0, 0.1) is 5.92 Å². The number of hydrogen-bond donors (Lipinski definition) is 1. The van der Waals surface area contributed by atoms with Gasteiger partial charge >= 0.3 is 18.2 Å². The molecule has 3 aromatic heterocycles. The van der Waals surface area contributed by atoms with Crippen molar-refractivity contribution < 1.29 is 32.6 Å². The summed E-state index contributed by atoms with van der Waals surface area (Å²) < 4.78 is 45.3. The Morgan fingerprint density at radius 3 is 2.43 bits per heavy atom. The number of carboxylic acid groups (broad SMARTS) is 1. The molecule has 1 amide bonds. The van der Waals surface area contributed by atoms with Crippen LogP contribution in [0.4, 0.5) is 23.8 Å². The number of carboxylic acids is 1. The van der Waals surface area contributed by atoms with Gasteiger partial charge in [0.2, 0.25) is 0 Å². The molecule has 0 aliphatic rings. The van der Waals surface area contributed by atoms with Crippen molar-refractivity contribution in [3.05, 3.63) is 65.7 Å². The number of amides is 1. The summed E-state index contributed by atoms with van der Waals surface area (Å²) in [5, 5.41) is 12.9. The maximum absolute atomic E-state index is 12.9. The summed E-state index contributed by atoms with van der Waals surface area (Å²) in [6.07, 6.45) is -1.28. The van der Waals surface area contributed by atoms with Crippen molar-refractivity contribution in [3.63, 3.8) is 0 Å². The fourth-order valence-electron chi connectivity index (χ4n) is 3.40. The summed E-state index contributed by atoms with van der Waals surface area (Å²) in [4.78, 5) is 33.9. The van der Waals surface area contributed by atoms with Gasteiger partial charge in [0.25, 0.3) is 0 Å². The predicted molar refractivity (Wildman–Crippen MR) is 129 cm³/mol. The van der Waals surface area contributed by atoms with Crippen LogP contribution >= 0.6 is 0 Å². The number of halogens is 3. The highest BCUT2D eigenvalue weighted by Crippen LogP contribution is 2.29. The summed E-state index contributed by atoms with van der Waals surface area (Å²) >= 11 is 0. The zero-order valence-electron chi connectivity index (χ0n) is 20.9. The van der Waals surface area contributed by atoms with E-state index in [2.05, 4.69) is 15.1 Å². The lowest BCUT2D eigenvalue weighted by Crippen LogP contribution is -2.38. The molecular formula is C25H28F3N5O4. The van der Waals surface area contributed by atoms with Crippen LogP contribution < -0.4 is 4.90 Å². The first-order valence-electron chi connectivity index (χ1n) is 11.5. The van der Waals surface area contributed by atoms with Crippen LogP contribution in [0.3, 0.4) is 0 Å². The maximum atomic E-state index is 12.9. The molecule has 1 unspecified atom stereocenters. The Kier molecular flexibility index (Phi) is 8.19. The summed E-state index contributed by atoms with van der Waals surface area (Å²) in [6, 6.07) is 7.84. The van der Waals surface area contributed by atoms with E-state index in [-0.39, 0.29) is 29.7 Å². The van der Waals surface area contributed by atoms with Gasteiger partial charge < -0.3 is 9.84 Å². The highest BCUT2D eigenvalue weighted by molar-refractivity contribution is 5.89. The number of anilines is 1. The first kappa shape index (κ1) is 27.6. The molecule has 1 N–H and O–H groups in total. The maximum Gasteiger partial charge on any atom is 0.419 e. The van der Waals surface area contributed by atoms with Crippen LogP contribution in [-0.4, -0.2) is 49.1 Å². The summed E-state index contributed by atoms with van der Waals surface area (Å²) in [7, 11) is 0. The predicted octanol–water partition coefficient (Wildman–Crippen LogP) is 5.39. The quantitative estimate of drug-likeness (QED) is 0.425. The summed E-state index contributed by atoms with van der Waals surface area (Å²) in [5.74, 6) is -0.589. The van der Waals surface area contributed by atoms with Gasteiger partial charge in [-0.2, -0.15) is 18.3 Å². The lowest BCUT2D eigenvalue weighted by Gasteiger charge is -2.27. The molecule has 0 radical (unpaired) electrons. The Morgan fingerprint density at radius 2 is 1.86 bits per heavy atom. The van der Waals surface area contributed by atoms with Crippen LogP contribution in [0.2, 0.25) is 0 Å². The molecular weight excluding hydrogens is 491 g/mol. The standard InChI is InChI=1S/C25H28F3N5O4/c1-16(12-19-6-5-7-21(31-19)33-15-18(14-30-33)25(26,27)28)10-11-32(23(36)37-24(2,3)4)20-9-8-17(13-29-20)22(34)35/h5-9,13-16H,10-12H2,1-4H3,(H,34,35). The van der Waals surface area contributed by atoms with Gasteiger partial charge in [0.1, 0.15) is 11.4 Å². The molecule has 0 spiro atoms. The van der Waals surface area contributed by atoms with Crippen molar-refractivity contribution in [2.45, 2.75) is 52.3 Å². The van der Waals surface area contributed by atoms with Crippen molar-refractivity contribution in [1.82, 2.24) is 19.7 Å². The van der Waals surface area contributed by atoms with E-state index >= 15 is 0 Å². The SMILES string of the molecule is CC(CCN(C(=O)OC(C)(C)C)c1ccc(C(=O)O)cn1)Cc1cccc(-n2cc(C(F)(F)F)cn2)n1. The third-order valence-corrected chi connectivity index (χ3v) is 5.23. The monoisotopic (exact) mass is 519 g/mol. The van der Waals surface area contributed by atoms with Gasteiger partial charge in [-0.15, -0.1) is 0 Å². The molecule has 9 nitrogen and oxygen atoms in total. The molecule has 0 aliphatic carbocycles. The fraction of sp³-hybridized carbons (Fsp3) is 0.400. The molecule has 3 aromatic rings. The second kappa shape index (κ2) is 11.0. The number of rotatable bonds is 8. The lowest BCUT2D eigenvalue weighted by atomic mass is 10.0. The molecule has 12 heteroatoms. The number of aromatic nitrogens is 4. The third-order valence-electron chi connectivity index (χ3n) is 5.23. The molecule has 198 valence electrons. The largest absolute Gasteiger partial charge is 0.478 e. The van der Waals surface area contributed by atoms with E-state index in [1.807, 2.05) is 6.92 Å². The second-order valence-electron chi connectivity index (χ2n) is 9.60. The highest BCUT2D eigenvalue weighted by Gasteiger charge is 2.32. The normalized spacial score (nSPS) is 12.7. The molecule has 0 saturated heterocycles. The Balaban J connectivity index is 1.71. The Labute approximate surface area is 211 Å².